The van der Waals surface area contributed by atoms with Crippen molar-refractivity contribution in [3.63, 3.8) is 0 Å². The Morgan fingerprint density at radius 3 is 0.735 bits per heavy atom. The number of nitrogens with zero attached hydrogens (tertiary/aromatic N) is 2. The van der Waals surface area contributed by atoms with Crippen LogP contribution in [0, 0.1) is 10.8 Å². The largest absolute Gasteiger partial charge is 0.322 e. The summed E-state index contributed by atoms with van der Waals surface area (Å²) in [5.74, 6) is 0. The highest BCUT2D eigenvalue weighted by Crippen LogP contribution is 2.68. The minimum atomic E-state index is -2.69. The van der Waals surface area contributed by atoms with E-state index in [-0.39, 0.29) is 31.5 Å². The van der Waals surface area contributed by atoms with Crippen molar-refractivity contribution in [1.82, 2.24) is 0 Å². The van der Waals surface area contributed by atoms with E-state index < -0.39 is 14.3 Å². The highest BCUT2D eigenvalue weighted by molar-refractivity contribution is 7.68. The van der Waals surface area contributed by atoms with E-state index in [1.165, 1.54) is 0 Å². The van der Waals surface area contributed by atoms with Crippen LogP contribution in [0.3, 0.4) is 0 Å². The van der Waals surface area contributed by atoms with Crippen LogP contribution in [-0.4, -0.2) is 44.4 Å². The second-order valence-corrected chi connectivity index (χ2v) is 25.0. The number of hydrogen-bond acceptors (Lipinski definition) is 4. The number of rotatable bonds is 5. The Labute approximate surface area is 213 Å². The van der Waals surface area contributed by atoms with Crippen LogP contribution in [0.25, 0.3) is 0 Å². The first-order valence-corrected chi connectivity index (χ1v) is 16.5. The average molecular weight is 517 g/mol. The lowest BCUT2D eigenvalue weighted by atomic mass is 9.90. The fourth-order valence-corrected chi connectivity index (χ4v) is 12.2. The molecule has 0 aliphatic heterocycles. The van der Waals surface area contributed by atoms with Crippen molar-refractivity contribution >= 4 is 25.7 Å². The van der Waals surface area contributed by atoms with Crippen molar-refractivity contribution in [1.29, 1.82) is 0 Å². The number of hydrogen-bond donors (Lipinski definition) is 0. The molecular weight excluding hydrogens is 458 g/mol. The standard InChI is InChI=1S/C28H58N2O2P2/c1-23(2,3)21(19-33(31,25(7,8)9)26(10,11)12)29-30-22(24(4,5)6)20-34(32,27(13,14)15)28(16,17)18/h19-20H2,1-18H3/b29-21-,30-22+. The Bertz CT molecular complexity index is 760. The summed E-state index contributed by atoms with van der Waals surface area (Å²) >= 11 is 0. The maximum atomic E-state index is 14.5. The highest BCUT2D eigenvalue weighted by Gasteiger charge is 2.49. The normalized spacial score (nSPS) is 16.8. The quantitative estimate of drug-likeness (QED) is 0.207. The predicted octanol–water partition coefficient (Wildman–Crippen LogP) is 9.80. The van der Waals surface area contributed by atoms with E-state index >= 15 is 0 Å². The van der Waals surface area contributed by atoms with Crippen LogP contribution in [-0.2, 0) is 9.13 Å². The topological polar surface area (TPSA) is 58.9 Å². The summed E-state index contributed by atoms with van der Waals surface area (Å²) in [6.45, 7) is 37.6. The SMILES string of the molecule is CC(C)(C)/C(CP(=O)(C(C)(C)C)C(C)(C)C)=N/N=C(/CP(=O)(C(C)(C)C)C(C)(C)C)C(C)(C)C. The fraction of sp³-hybridized carbons (Fsp3) is 0.929. The van der Waals surface area contributed by atoms with Gasteiger partial charge in [-0.15, -0.1) is 0 Å². The zero-order valence-electron chi connectivity index (χ0n) is 26.0. The molecule has 0 amide bonds. The molecule has 0 saturated carbocycles. The van der Waals surface area contributed by atoms with Gasteiger partial charge in [-0.2, -0.15) is 10.2 Å². The molecule has 0 atom stereocenters. The van der Waals surface area contributed by atoms with Crippen LogP contribution in [0.4, 0.5) is 0 Å². The smallest absolute Gasteiger partial charge is 0.103 e. The van der Waals surface area contributed by atoms with Crippen molar-refractivity contribution in [3.8, 4) is 0 Å². The van der Waals surface area contributed by atoms with Gasteiger partial charge in [0.1, 0.15) is 14.3 Å². The molecule has 4 nitrogen and oxygen atoms in total. The van der Waals surface area contributed by atoms with E-state index in [4.69, 9.17) is 10.2 Å². The van der Waals surface area contributed by atoms with Crippen molar-refractivity contribution < 1.29 is 9.13 Å². The molecule has 0 spiro atoms. The lowest BCUT2D eigenvalue weighted by Gasteiger charge is -2.43. The molecule has 0 aromatic carbocycles. The maximum Gasteiger partial charge on any atom is 0.103 e. The third-order valence-corrected chi connectivity index (χ3v) is 17.3. The molecule has 0 aromatic rings. The van der Waals surface area contributed by atoms with Gasteiger partial charge in [-0.3, -0.25) is 0 Å². The molecule has 34 heavy (non-hydrogen) atoms. The molecule has 202 valence electrons. The van der Waals surface area contributed by atoms with Gasteiger partial charge in [0.05, 0.1) is 11.4 Å². The van der Waals surface area contributed by atoms with Crippen molar-refractivity contribution in [2.45, 2.75) is 145 Å². The minimum absolute atomic E-state index is 0.281. The van der Waals surface area contributed by atoms with Gasteiger partial charge < -0.3 is 9.13 Å². The average Bonchev–Trinajstić information content (AvgIpc) is 2.50. The first-order chi connectivity index (χ1) is 14.4. The van der Waals surface area contributed by atoms with Crippen molar-refractivity contribution in [2.75, 3.05) is 12.3 Å². The van der Waals surface area contributed by atoms with Gasteiger partial charge in [-0.05, 0) is 0 Å². The Morgan fingerprint density at radius 1 is 0.441 bits per heavy atom. The lowest BCUT2D eigenvalue weighted by Crippen LogP contribution is -2.37. The van der Waals surface area contributed by atoms with E-state index in [2.05, 4.69) is 125 Å². The van der Waals surface area contributed by atoms with Gasteiger partial charge in [-0.1, -0.05) is 125 Å². The molecular formula is C28H58N2O2P2. The molecule has 0 aliphatic rings. The Hall–Kier alpha value is -0.200. The molecule has 6 heteroatoms. The zero-order valence-corrected chi connectivity index (χ0v) is 27.8. The Kier molecular flexibility index (Phi) is 9.87. The second kappa shape index (κ2) is 9.93. The molecule has 0 aromatic heterocycles. The molecule has 0 saturated heterocycles. The van der Waals surface area contributed by atoms with Crippen LogP contribution in [0.2, 0.25) is 0 Å². The third-order valence-electron chi connectivity index (χ3n) is 7.10. The fourth-order valence-electron chi connectivity index (χ4n) is 4.34. The van der Waals surface area contributed by atoms with E-state index in [0.29, 0.717) is 12.3 Å². The van der Waals surface area contributed by atoms with Crippen molar-refractivity contribution in [3.05, 3.63) is 0 Å². The summed E-state index contributed by atoms with van der Waals surface area (Å²) in [5, 5.41) is 8.29. The van der Waals surface area contributed by atoms with Gasteiger partial charge in [-0.25, -0.2) is 0 Å². The molecule has 0 unspecified atom stereocenters. The maximum absolute atomic E-state index is 14.5. The van der Waals surface area contributed by atoms with Gasteiger partial charge in [0.2, 0.25) is 0 Å². The van der Waals surface area contributed by atoms with Crippen LogP contribution in [0.15, 0.2) is 10.2 Å². The van der Waals surface area contributed by atoms with E-state index in [0.717, 1.165) is 11.4 Å². The van der Waals surface area contributed by atoms with Gasteiger partial charge >= 0.3 is 0 Å². The Balaban J connectivity index is 6.98. The summed E-state index contributed by atoms with van der Waals surface area (Å²) < 4.78 is 28.9. The van der Waals surface area contributed by atoms with Crippen LogP contribution in [0.5, 0.6) is 0 Å². The first kappa shape index (κ1) is 33.8. The zero-order chi connectivity index (χ0) is 28.0. The van der Waals surface area contributed by atoms with E-state index in [9.17, 15) is 9.13 Å². The van der Waals surface area contributed by atoms with Gasteiger partial charge in [0.25, 0.3) is 0 Å². The Morgan fingerprint density at radius 2 is 0.618 bits per heavy atom. The molecule has 0 radical (unpaired) electrons. The summed E-state index contributed by atoms with van der Waals surface area (Å²) in [6, 6.07) is 0. The highest BCUT2D eigenvalue weighted by atomic mass is 31.2. The second-order valence-electron chi connectivity index (χ2n) is 16.1. The van der Waals surface area contributed by atoms with Crippen LogP contribution >= 0.6 is 14.3 Å². The minimum Gasteiger partial charge on any atom is -0.322 e. The molecule has 0 aliphatic carbocycles. The summed E-state index contributed by atoms with van der Waals surface area (Å²) in [5.41, 5.74) is 1.14. The molecule has 0 bridgehead atoms. The molecule has 0 N–H and O–H groups in total. The van der Waals surface area contributed by atoms with Gasteiger partial charge in [0, 0.05) is 43.8 Å². The molecule has 0 fully saturated rings. The van der Waals surface area contributed by atoms with E-state index in [1.807, 2.05) is 0 Å². The summed E-state index contributed by atoms with van der Waals surface area (Å²) in [4.78, 5) is 0. The lowest BCUT2D eigenvalue weighted by molar-refractivity contribution is 0.516. The monoisotopic (exact) mass is 516 g/mol. The summed E-state index contributed by atoms with van der Waals surface area (Å²) in [6.07, 6.45) is 0.862. The third kappa shape index (κ3) is 7.65. The summed E-state index contributed by atoms with van der Waals surface area (Å²) in [7, 11) is -5.38. The molecule has 0 heterocycles. The van der Waals surface area contributed by atoms with Crippen molar-refractivity contribution in [2.24, 2.45) is 21.0 Å². The van der Waals surface area contributed by atoms with E-state index in [1.54, 1.807) is 0 Å². The van der Waals surface area contributed by atoms with Crippen LogP contribution < -0.4 is 0 Å². The van der Waals surface area contributed by atoms with Crippen LogP contribution in [0.1, 0.15) is 125 Å². The van der Waals surface area contributed by atoms with Gasteiger partial charge in [0.15, 0.2) is 0 Å². The predicted molar refractivity (Wildman–Crippen MR) is 158 cm³/mol. The molecule has 0 rings (SSSR count). The first-order valence-electron chi connectivity index (χ1n) is 12.7.